The van der Waals surface area contributed by atoms with Crippen LogP contribution >= 0.6 is 11.8 Å². The molecule has 0 bridgehead atoms. The second-order valence-electron chi connectivity index (χ2n) is 4.68. The van der Waals surface area contributed by atoms with Crippen molar-refractivity contribution in [1.82, 2.24) is 10.2 Å². The van der Waals surface area contributed by atoms with E-state index in [-0.39, 0.29) is 11.8 Å². The molecule has 0 radical (unpaired) electrons. The lowest BCUT2D eigenvalue weighted by Crippen LogP contribution is -2.32. The highest BCUT2D eigenvalue weighted by molar-refractivity contribution is 8.04. The molecule has 1 N–H and O–H groups in total. The maximum absolute atomic E-state index is 11.9. The van der Waals surface area contributed by atoms with Crippen molar-refractivity contribution in [3.8, 4) is 6.07 Å². The second kappa shape index (κ2) is 7.19. The Kier molecular flexibility index (Phi) is 5.90. The standard InChI is InChI=1S/C13H19N3O2S/c1-4-16-11(17)8-19-12(16)5-10(6-14)13(18)15-7-9(2)3/h5,9-10H,4,7-8H2,1-3H3,(H,15,18). The zero-order chi connectivity index (χ0) is 14.4. The van der Waals surface area contributed by atoms with E-state index in [1.165, 1.54) is 11.8 Å². The van der Waals surface area contributed by atoms with E-state index in [1.807, 2.05) is 26.8 Å². The molecule has 104 valence electrons. The van der Waals surface area contributed by atoms with E-state index in [4.69, 9.17) is 5.26 Å². The van der Waals surface area contributed by atoms with Gasteiger partial charge >= 0.3 is 0 Å². The highest BCUT2D eigenvalue weighted by atomic mass is 32.2. The van der Waals surface area contributed by atoms with Crippen molar-refractivity contribution < 1.29 is 9.59 Å². The minimum absolute atomic E-state index is 0.0260. The summed E-state index contributed by atoms with van der Waals surface area (Å²) in [6.45, 7) is 6.96. The fourth-order valence-electron chi connectivity index (χ4n) is 1.61. The van der Waals surface area contributed by atoms with Crippen LogP contribution in [-0.4, -0.2) is 35.6 Å². The molecule has 1 fully saturated rings. The van der Waals surface area contributed by atoms with E-state index in [1.54, 1.807) is 11.0 Å². The van der Waals surface area contributed by atoms with Crippen LogP contribution in [0.4, 0.5) is 0 Å². The van der Waals surface area contributed by atoms with Crippen molar-refractivity contribution in [2.75, 3.05) is 18.8 Å². The molecule has 0 aromatic carbocycles. The molecule has 1 atom stereocenters. The van der Waals surface area contributed by atoms with Crippen LogP contribution in [0.2, 0.25) is 0 Å². The molecule has 5 nitrogen and oxygen atoms in total. The van der Waals surface area contributed by atoms with Crippen molar-refractivity contribution in [1.29, 1.82) is 5.26 Å². The summed E-state index contributed by atoms with van der Waals surface area (Å²) in [4.78, 5) is 25.0. The highest BCUT2D eigenvalue weighted by Gasteiger charge is 2.27. The summed E-state index contributed by atoms with van der Waals surface area (Å²) in [7, 11) is 0. The smallest absolute Gasteiger partial charge is 0.241 e. The van der Waals surface area contributed by atoms with E-state index >= 15 is 0 Å². The van der Waals surface area contributed by atoms with Gasteiger partial charge in [0.1, 0.15) is 5.92 Å². The van der Waals surface area contributed by atoms with E-state index in [0.29, 0.717) is 29.8 Å². The van der Waals surface area contributed by atoms with E-state index < -0.39 is 5.92 Å². The summed E-state index contributed by atoms with van der Waals surface area (Å²) in [6, 6.07) is 1.97. The molecule has 0 spiro atoms. The summed E-state index contributed by atoms with van der Waals surface area (Å²) in [6.07, 6.45) is 1.58. The maximum Gasteiger partial charge on any atom is 0.241 e. The molecule has 0 aromatic heterocycles. The molecule has 0 aromatic rings. The molecule has 1 saturated heterocycles. The first-order chi connectivity index (χ1) is 8.99. The Bertz CT molecular complexity index is 426. The number of rotatable bonds is 5. The minimum Gasteiger partial charge on any atom is -0.354 e. The molecule has 1 heterocycles. The van der Waals surface area contributed by atoms with Gasteiger partial charge in [-0.05, 0) is 18.9 Å². The molecule has 1 rings (SSSR count). The number of amides is 2. The van der Waals surface area contributed by atoms with Crippen LogP contribution in [0.5, 0.6) is 0 Å². The fraction of sp³-hybridized carbons (Fsp3) is 0.615. The Balaban J connectivity index is 2.73. The zero-order valence-electron chi connectivity index (χ0n) is 11.5. The number of nitriles is 1. The summed E-state index contributed by atoms with van der Waals surface area (Å²) in [5.74, 6) is -0.407. The second-order valence-corrected chi connectivity index (χ2v) is 5.67. The van der Waals surface area contributed by atoms with Crippen molar-refractivity contribution in [2.24, 2.45) is 11.8 Å². The third-order valence-corrected chi connectivity index (χ3v) is 3.69. The van der Waals surface area contributed by atoms with Crippen molar-refractivity contribution in [2.45, 2.75) is 20.8 Å². The van der Waals surface area contributed by atoms with E-state index in [2.05, 4.69) is 5.32 Å². The Hall–Kier alpha value is -1.48. The number of hydrogen-bond donors (Lipinski definition) is 1. The summed E-state index contributed by atoms with van der Waals surface area (Å²) in [5, 5.41) is 12.5. The lowest BCUT2D eigenvalue weighted by atomic mass is 10.1. The third kappa shape index (κ3) is 4.28. The summed E-state index contributed by atoms with van der Waals surface area (Å²) < 4.78 is 0. The predicted octanol–water partition coefficient (Wildman–Crippen LogP) is 1.34. The van der Waals surface area contributed by atoms with Crippen LogP contribution in [0.3, 0.4) is 0 Å². The van der Waals surface area contributed by atoms with Crippen molar-refractivity contribution >= 4 is 23.6 Å². The van der Waals surface area contributed by atoms with Gasteiger partial charge in [-0.1, -0.05) is 25.6 Å². The van der Waals surface area contributed by atoms with Crippen LogP contribution < -0.4 is 5.32 Å². The lowest BCUT2D eigenvalue weighted by Gasteiger charge is -2.15. The van der Waals surface area contributed by atoms with Crippen molar-refractivity contribution in [3.05, 3.63) is 11.1 Å². The SMILES string of the molecule is CCN1C(=O)CSC1=CC(C#N)C(=O)NCC(C)C. The van der Waals surface area contributed by atoms with E-state index in [0.717, 1.165) is 0 Å². The molecule has 1 unspecified atom stereocenters. The first-order valence-corrected chi connectivity index (χ1v) is 7.30. The highest BCUT2D eigenvalue weighted by Crippen LogP contribution is 2.29. The van der Waals surface area contributed by atoms with Crippen LogP contribution in [0.1, 0.15) is 20.8 Å². The van der Waals surface area contributed by atoms with Gasteiger partial charge in [-0.3, -0.25) is 9.59 Å². The number of carbonyl (C=O) groups excluding carboxylic acids is 2. The average Bonchev–Trinajstić information content (AvgIpc) is 2.73. The topological polar surface area (TPSA) is 73.2 Å². The van der Waals surface area contributed by atoms with Crippen LogP contribution in [0.15, 0.2) is 11.1 Å². The molecule has 19 heavy (non-hydrogen) atoms. The summed E-state index contributed by atoms with van der Waals surface area (Å²) in [5.41, 5.74) is 0. The molecule has 2 amide bonds. The van der Waals surface area contributed by atoms with Gasteiger partial charge in [0.05, 0.1) is 16.9 Å². The van der Waals surface area contributed by atoms with Gasteiger partial charge in [0.25, 0.3) is 0 Å². The molecular formula is C13H19N3O2S. The molecule has 0 saturated carbocycles. The van der Waals surface area contributed by atoms with E-state index in [9.17, 15) is 9.59 Å². The number of hydrogen-bond acceptors (Lipinski definition) is 4. The van der Waals surface area contributed by atoms with Gasteiger partial charge in [-0.2, -0.15) is 5.26 Å². The number of nitrogens with one attached hydrogen (secondary N) is 1. The van der Waals surface area contributed by atoms with Gasteiger partial charge in [-0.15, -0.1) is 0 Å². The number of carbonyl (C=O) groups is 2. The largest absolute Gasteiger partial charge is 0.354 e. The summed E-state index contributed by atoms with van der Waals surface area (Å²) >= 11 is 1.38. The van der Waals surface area contributed by atoms with Gasteiger partial charge in [0.15, 0.2) is 0 Å². The average molecular weight is 281 g/mol. The Morgan fingerprint density at radius 3 is 2.84 bits per heavy atom. The van der Waals surface area contributed by atoms with Gasteiger partial charge in [0.2, 0.25) is 11.8 Å². The Morgan fingerprint density at radius 1 is 1.63 bits per heavy atom. The van der Waals surface area contributed by atoms with Crippen molar-refractivity contribution in [3.63, 3.8) is 0 Å². The molecule has 0 aliphatic carbocycles. The third-order valence-electron chi connectivity index (χ3n) is 2.64. The monoisotopic (exact) mass is 281 g/mol. The van der Waals surface area contributed by atoms with Gasteiger partial charge in [-0.25, -0.2) is 0 Å². The molecule has 1 aliphatic rings. The van der Waals surface area contributed by atoms with Crippen LogP contribution in [0.25, 0.3) is 0 Å². The predicted molar refractivity (Wildman–Crippen MR) is 74.9 cm³/mol. The van der Waals surface area contributed by atoms with Gasteiger partial charge < -0.3 is 10.2 Å². The molecular weight excluding hydrogens is 262 g/mol. The Labute approximate surface area is 118 Å². The Morgan fingerprint density at radius 2 is 2.32 bits per heavy atom. The van der Waals surface area contributed by atoms with Gasteiger partial charge in [0, 0.05) is 13.1 Å². The fourth-order valence-corrected chi connectivity index (χ4v) is 2.66. The molecule has 6 heteroatoms. The number of nitrogens with zero attached hydrogens (tertiary/aromatic N) is 2. The lowest BCUT2D eigenvalue weighted by molar-refractivity contribution is -0.125. The normalized spacial score (nSPS) is 18.8. The maximum atomic E-state index is 11.9. The quantitative estimate of drug-likeness (QED) is 0.825. The first kappa shape index (κ1) is 15.6. The molecule has 1 aliphatic heterocycles. The first-order valence-electron chi connectivity index (χ1n) is 6.31. The number of thioether (sulfide) groups is 1. The zero-order valence-corrected chi connectivity index (χ0v) is 12.3. The van der Waals surface area contributed by atoms with Crippen LogP contribution in [-0.2, 0) is 9.59 Å². The minimum atomic E-state index is -0.846. The van der Waals surface area contributed by atoms with Crippen LogP contribution in [0, 0.1) is 23.2 Å².